The standard InChI is InChI=1S/C14H13BrFNO3S/c1-9-6-12(15)13(16)7-14(9)17-21(19,20)11-4-2-10(8-18)3-5-11/h2-7,17-18H,8H2,1H3. The smallest absolute Gasteiger partial charge is 0.261 e. The fourth-order valence-corrected chi connectivity index (χ4v) is 3.31. The Kier molecular flexibility index (Phi) is 4.65. The monoisotopic (exact) mass is 373 g/mol. The minimum atomic E-state index is -3.80. The third-order valence-corrected chi connectivity index (χ3v) is 4.92. The van der Waals surface area contributed by atoms with E-state index >= 15 is 0 Å². The van der Waals surface area contributed by atoms with Gasteiger partial charge in [-0.2, -0.15) is 0 Å². The number of aliphatic hydroxyl groups is 1. The minimum absolute atomic E-state index is 0.0439. The lowest BCUT2D eigenvalue weighted by atomic mass is 10.2. The molecule has 7 heteroatoms. The summed E-state index contributed by atoms with van der Waals surface area (Å²) in [6.45, 7) is 1.52. The van der Waals surface area contributed by atoms with Crippen LogP contribution in [-0.4, -0.2) is 13.5 Å². The Morgan fingerprint density at radius 3 is 2.43 bits per heavy atom. The van der Waals surface area contributed by atoms with Gasteiger partial charge in [-0.3, -0.25) is 4.72 Å². The normalized spacial score (nSPS) is 11.4. The van der Waals surface area contributed by atoms with Gasteiger partial charge in [-0.15, -0.1) is 0 Å². The van der Waals surface area contributed by atoms with E-state index in [1.165, 1.54) is 30.3 Å². The van der Waals surface area contributed by atoms with Gasteiger partial charge in [-0.1, -0.05) is 12.1 Å². The molecule has 0 saturated heterocycles. The fourth-order valence-electron chi connectivity index (χ4n) is 1.73. The highest BCUT2D eigenvalue weighted by atomic mass is 79.9. The van der Waals surface area contributed by atoms with E-state index in [9.17, 15) is 12.8 Å². The maximum atomic E-state index is 13.5. The van der Waals surface area contributed by atoms with Crippen molar-refractivity contribution in [2.24, 2.45) is 0 Å². The molecule has 2 aromatic rings. The van der Waals surface area contributed by atoms with Crippen molar-refractivity contribution in [3.63, 3.8) is 0 Å². The molecule has 0 radical (unpaired) electrons. The Morgan fingerprint density at radius 2 is 1.86 bits per heavy atom. The molecule has 112 valence electrons. The third kappa shape index (κ3) is 3.61. The number of hydrogen-bond donors (Lipinski definition) is 2. The summed E-state index contributed by atoms with van der Waals surface area (Å²) in [6.07, 6.45) is 0. The first-order valence-electron chi connectivity index (χ1n) is 6.02. The number of sulfonamides is 1. The number of benzene rings is 2. The molecule has 0 bridgehead atoms. The molecule has 0 spiro atoms. The SMILES string of the molecule is Cc1cc(Br)c(F)cc1NS(=O)(=O)c1ccc(CO)cc1. The van der Waals surface area contributed by atoms with Crippen LogP contribution in [0.2, 0.25) is 0 Å². The van der Waals surface area contributed by atoms with Crippen LogP contribution in [-0.2, 0) is 16.6 Å². The number of nitrogens with one attached hydrogen (secondary N) is 1. The molecule has 2 N–H and O–H groups in total. The van der Waals surface area contributed by atoms with Gasteiger partial charge in [-0.25, -0.2) is 12.8 Å². The van der Waals surface area contributed by atoms with Crippen molar-refractivity contribution >= 4 is 31.6 Å². The average molecular weight is 374 g/mol. The van der Waals surface area contributed by atoms with E-state index in [2.05, 4.69) is 20.7 Å². The van der Waals surface area contributed by atoms with Crippen LogP contribution in [0.25, 0.3) is 0 Å². The van der Waals surface area contributed by atoms with E-state index in [1.54, 1.807) is 6.92 Å². The topological polar surface area (TPSA) is 66.4 Å². The van der Waals surface area contributed by atoms with Gasteiger partial charge in [0.25, 0.3) is 10.0 Å². The largest absolute Gasteiger partial charge is 0.392 e. The summed E-state index contributed by atoms with van der Waals surface area (Å²) in [7, 11) is -3.80. The lowest BCUT2D eigenvalue weighted by Gasteiger charge is -2.11. The van der Waals surface area contributed by atoms with Gasteiger partial charge < -0.3 is 5.11 Å². The number of aryl methyl sites for hydroxylation is 1. The zero-order valence-corrected chi connectivity index (χ0v) is 13.5. The molecule has 0 amide bonds. The molecule has 0 aromatic heterocycles. The van der Waals surface area contributed by atoms with Gasteiger partial charge in [0.15, 0.2) is 0 Å². The van der Waals surface area contributed by atoms with Gasteiger partial charge >= 0.3 is 0 Å². The quantitative estimate of drug-likeness (QED) is 0.864. The number of anilines is 1. The van der Waals surface area contributed by atoms with E-state index in [-0.39, 0.29) is 21.7 Å². The number of hydrogen-bond acceptors (Lipinski definition) is 3. The van der Waals surface area contributed by atoms with Crippen LogP contribution in [0.1, 0.15) is 11.1 Å². The lowest BCUT2D eigenvalue weighted by Crippen LogP contribution is -2.14. The summed E-state index contributed by atoms with van der Waals surface area (Å²) in [4.78, 5) is 0.0439. The van der Waals surface area contributed by atoms with Crippen LogP contribution in [0.15, 0.2) is 45.8 Å². The van der Waals surface area contributed by atoms with Gasteiger partial charge in [0.05, 0.1) is 21.7 Å². The maximum Gasteiger partial charge on any atom is 0.261 e. The van der Waals surface area contributed by atoms with Crippen LogP contribution in [0, 0.1) is 12.7 Å². The Morgan fingerprint density at radius 1 is 1.24 bits per heavy atom. The molecule has 0 unspecified atom stereocenters. The second kappa shape index (κ2) is 6.13. The maximum absolute atomic E-state index is 13.5. The second-order valence-corrected chi connectivity index (χ2v) is 7.03. The summed E-state index contributed by atoms with van der Waals surface area (Å²) < 4.78 is 40.6. The summed E-state index contributed by atoms with van der Waals surface area (Å²) in [5, 5.41) is 8.95. The van der Waals surface area contributed by atoms with Crippen molar-refractivity contribution in [2.75, 3.05) is 4.72 Å². The Bertz CT molecular complexity index is 761. The van der Waals surface area contributed by atoms with Crippen LogP contribution >= 0.6 is 15.9 Å². The molecular formula is C14H13BrFNO3S. The van der Waals surface area contributed by atoms with Crippen molar-refractivity contribution in [1.82, 2.24) is 0 Å². The van der Waals surface area contributed by atoms with Gasteiger partial charge in [0.1, 0.15) is 5.82 Å². The highest BCUT2D eigenvalue weighted by Gasteiger charge is 2.16. The first kappa shape index (κ1) is 15.9. The van der Waals surface area contributed by atoms with Crippen LogP contribution in [0.3, 0.4) is 0 Å². The second-order valence-electron chi connectivity index (χ2n) is 4.49. The van der Waals surface area contributed by atoms with E-state index in [1.807, 2.05) is 0 Å². The molecule has 0 aliphatic carbocycles. The summed E-state index contributed by atoms with van der Waals surface area (Å²) >= 11 is 3.04. The van der Waals surface area contributed by atoms with Crippen molar-refractivity contribution in [2.45, 2.75) is 18.4 Å². The van der Waals surface area contributed by atoms with Crippen LogP contribution in [0.5, 0.6) is 0 Å². The summed E-state index contributed by atoms with van der Waals surface area (Å²) in [6, 6.07) is 8.44. The Balaban J connectivity index is 2.34. The molecule has 2 rings (SSSR count). The molecule has 0 atom stereocenters. The number of halogens is 2. The van der Waals surface area contributed by atoms with E-state index in [0.717, 1.165) is 6.07 Å². The Hall–Kier alpha value is -1.44. The average Bonchev–Trinajstić information content (AvgIpc) is 2.44. The third-order valence-electron chi connectivity index (χ3n) is 2.93. The first-order chi connectivity index (χ1) is 9.83. The number of aliphatic hydroxyl groups excluding tert-OH is 1. The van der Waals surface area contributed by atoms with E-state index in [0.29, 0.717) is 11.1 Å². The van der Waals surface area contributed by atoms with Crippen molar-refractivity contribution in [1.29, 1.82) is 0 Å². The van der Waals surface area contributed by atoms with Crippen molar-refractivity contribution in [3.8, 4) is 0 Å². The molecule has 0 aliphatic rings. The lowest BCUT2D eigenvalue weighted by molar-refractivity contribution is 0.282. The minimum Gasteiger partial charge on any atom is -0.392 e. The molecule has 21 heavy (non-hydrogen) atoms. The molecule has 0 aliphatic heterocycles. The van der Waals surface area contributed by atoms with Crippen molar-refractivity contribution < 1.29 is 17.9 Å². The summed E-state index contributed by atoms with van der Waals surface area (Å²) in [5.41, 5.74) is 1.39. The molecule has 2 aromatic carbocycles. The van der Waals surface area contributed by atoms with Gasteiger partial charge in [0, 0.05) is 0 Å². The summed E-state index contributed by atoms with van der Waals surface area (Å²) in [5.74, 6) is -0.547. The van der Waals surface area contributed by atoms with Gasteiger partial charge in [0.2, 0.25) is 0 Å². The van der Waals surface area contributed by atoms with E-state index in [4.69, 9.17) is 5.11 Å². The molecule has 0 fully saturated rings. The highest BCUT2D eigenvalue weighted by molar-refractivity contribution is 9.10. The van der Waals surface area contributed by atoms with Crippen LogP contribution in [0.4, 0.5) is 10.1 Å². The molecule has 0 heterocycles. The number of rotatable bonds is 4. The predicted octanol–water partition coefficient (Wildman–Crippen LogP) is 3.19. The van der Waals surface area contributed by atoms with Crippen LogP contribution < -0.4 is 4.72 Å². The highest BCUT2D eigenvalue weighted by Crippen LogP contribution is 2.26. The molecule has 4 nitrogen and oxygen atoms in total. The Labute approximate surface area is 130 Å². The fraction of sp³-hybridized carbons (Fsp3) is 0.143. The zero-order chi connectivity index (χ0) is 15.6. The molecular weight excluding hydrogens is 361 g/mol. The van der Waals surface area contributed by atoms with Crippen molar-refractivity contribution in [3.05, 3.63) is 57.8 Å². The van der Waals surface area contributed by atoms with E-state index < -0.39 is 15.8 Å². The van der Waals surface area contributed by atoms with Gasteiger partial charge in [-0.05, 0) is 58.2 Å². The predicted molar refractivity (Wildman–Crippen MR) is 82.0 cm³/mol. The zero-order valence-electron chi connectivity index (χ0n) is 11.1. The molecule has 0 saturated carbocycles. The first-order valence-corrected chi connectivity index (χ1v) is 8.29.